The number of allylic oxidation sites excluding steroid dienone is 1. The van der Waals surface area contributed by atoms with Gasteiger partial charge in [-0.1, -0.05) is 12.1 Å². The average Bonchev–Trinajstić information content (AvgIpc) is 3.22. The van der Waals surface area contributed by atoms with Crippen molar-refractivity contribution < 1.29 is 13.4 Å². The van der Waals surface area contributed by atoms with Crippen molar-refractivity contribution in [3.63, 3.8) is 0 Å². The maximum atomic E-state index is 14.0. The van der Waals surface area contributed by atoms with Crippen LogP contribution in [0.3, 0.4) is 0 Å². The first-order chi connectivity index (χ1) is 9.78. The van der Waals surface area contributed by atoms with Crippen LogP contribution in [0.25, 0.3) is 0 Å². The van der Waals surface area contributed by atoms with Gasteiger partial charge in [0.1, 0.15) is 0 Å². The number of rotatable bonds is 4. The summed E-state index contributed by atoms with van der Waals surface area (Å²) < 4.78 is 29.9. The van der Waals surface area contributed by atoms with Crippen LogP contribution in [0.4, 0.5) is 15.8 Å². The molecule has 0 heterocycles. The number of carbonyl (C=O) groups is 1. The highest BCUT2D eigenvalue weighted by molar-refractivity contribution is 7.92. The van der Waals surface area contributed by atoms with E-state index in [0.717, 1.165) is 12.8 Å². The topological polar surface area (TPSA) is 58.5 Å². The molecule has 1 N–H and O–H groups in total. The molecule has 114 valence electrons. The van der Waals surface area contributed by atoms with Gasteiger partial charge >= 0.3 is 0 Å². The number of hydrogen-bond acceptors (Lipinski definition) is 3. The minimum Gasteiger partial charge on any atom is -0.318 e. The summed E-state index contributed by atoms with van der Waals surface area (Å²) >= 11 is 0. The summed E-state index contributed by atoms with van der Waals surface area (Å²) in [4.78, 5) is 11.9. The van der Waals surface area contributed by atoms with E-state index >= 15 is 0 Å². The van der Waals surface area contributed by atoms with Crippen molar-refractivity contribution in [3.05, 3.63) is 35.7 Å². The van der Waals surface area contributed by atoms with Crippen LogP contribution in [0, 0.1) is 5.92 Å². The second-order valence-electron chi connectivity index (χ2n) is 5.52. The molecule has 4 nitrogen and oxygen atoms in total. The smallest absolute Gasteiger partial charge is 0.284 e. The molecule has 0 bridgehead atoms. The molecule has 1 aromatic rings. The third-order valence-electron chi connectivity index (χ3n) is 3.21. The molecule has 0 radical (unpaired) electrons. The van der Waals surface area contributed by atoms with Crippen molar-refractivity contribution in [2.75, 3.05) is 17.8 Å². The van der Waals surface area contributed by atoms with E-state index in [2.05, 4.69) is 9.68 Å². The van der Waals surface area contributed by atoms with Crippen LogP contribution in [0.5, 0.6) is 0 Å². The molecule has 0 atom stereocenters. The Bertz CT molecular complexity index is 706. The monoisotopic (exact) mass is 310 g/mol. The number of nitrogens with one attached hydrogen (secondary N) is 1. The minimum atomic E-state index is -2.36. The van der Waals surface area contributed by atoms with Gasteiger partial charge in [0, 0.05) is 22.2 Å². The van der Waals surface area contributed by atoms with Gasteiger partial charge in [0.25, 0.3) is 5.91 Å². The van der Waals surface area contributed by atoms with Gasteiger partial charge in [0.05, 0.1) is 11.4 Å². The molecule has 1 aromatic carbocycles. The highest BCUT2D eigenvalue weighted by Gasteiger charge is 2.28. The highest BCUT2D eigenvalue weighted by Crippen LogP contribution is 2.38. The number of para-hydroxylation sites is 1. The number of anilines is 1. The second kappa shape index (κ2) is 5.97. The summed E-state index contributed by atoms with van der Waals surface area (Å²) in [5.41, 5.74) is 1.24. The van der Waals surface area contributed by atoms with E-state index in [1.807, 2.05) is 0 Å². The number of halogens is 1. The lowest BCUT2D eigenvalue weighted by Crippen LogP contribution is -2.14. The summed E-state index contributed by atoms with van der Waals surface area (Å²) in [6, 6.07) is 6.68. The molecule has 0 aliphatic heterocycles. The molecule has 0 spiro atoms. The van der Waals surface area contributed by atoms with E-state index < -0.39 is 21.5 Å². The first-order valence-corrected chi connectivity index (χ1v) is 9.05. The maximum absolute atomic E-state index is 14.0. The molecule has 21 heavy (non-hydrogen) atoms. The second-order valence-corrected chi connectivity index (χ2v) is 8.06. The van der Waals surface area contributed by atoms with E-state index in [-0.39, 0.29) is 5.92 Å². The van der Waals surface area contributed by atoms with Gasteiger partial charge in [-0.05, 0) is 43.4 Å². The summed E-state index contributed by atoms with van der Waals surface area (Å²) in [5, 5.41) is 2.51. The Balaban J connectivity index is 2.26. The van der Waals surface area contributed by atoms with Crippen molar-refractivity contribution >= 4 is 27.0 Å². The fourth-order valence-electron chi connectivity index (χ4n) is 1.95. The summed E-state index contributed by atoms with van der Waals surface area (Å²) in [6.45, 7) is 1.65. The van der Waals surface area contributed by atoms with E-state index in [0.29, 0.717) is 16.9 Å². The molecule has 0 aromatic heterocycles. The van der Waals surface area contributed by atoms with Gasteiger partial charge in [-0.2, -0.15) is 4.36 Å². The van der Waals surface area contributed by atoms with Crippen molar-refractivity contribution in [2.24, 2.45) is 10.3 Å². The molecule has 2 rings (SSSR count). The summed E-state index contributed by atoms with van der Waals surface area (Å²) in [5.74, 6) is -1.32. The summed E-state index contributed by atoms with van der Waals surface area (Å²) in [6.07, 6.45) is 4.88. The van der Waals surface area contributed by atoms with E-state index in [1.54, 1.807) is 31.2 Å². The molecular weight excluding hydrogens is 291 g/mol. The molecular formula is C15H19FN2O2S. The largest absolute Gasteiger partial charge is 0.318 e. The Hall–Kier alpha value is -1.69. The molecule has 1 amide bonds. The van der Waals surface area contributed by atoms with Crippen LogP contribution in [0.2, 0.25) is 0 Å². The predicted molar refractivity (Wildman–Crippen MR) is 83.7 cm³/mol. The lowest BCUT2D eigenvalue weighted by atomic mass is 10.1. The Morgan fingerprint density at radius 2 is 1.95 bits per heavy atom. The van der Waals surface area contributed by atoms with Crippen LogP contribution in [-0.4, -0.2) is 22.6 Å². The third-order valence-corrected chi connectivity index (χ3v) is 3.84. The van der Waals surface area contributed by atoms with Crippen molar-refractivity contribution in [1.82, 2.24) is 0 Å². The number of hydrogen-bond donors (Lipinski definition) is 1. The fraction of sp³-hybridized carbons (Fsp3) is 0.400. The Morgan fingerprint density at radius 3 is 2.52 bits per heavy atom. The van der Waals surface area contributed by atoms with E-state index in [9.17, 15) is 13.4 Å². The number of benzene rings is 1. The highest BCUT2D eigenvalue weighted by atomic mass is 32.2. The Labute approximate surface area is 124 Å². The number of nitrogens with zero attached hydrogens (tertiary/aromatic N) is 1. The number of carbonyl (C=O) groups excluding carboxylic acids is 1. The predicted octanol–water partition coefficient (Wildman–Crippen LogP) is 3.64. The van der Waals surface area contributed by atoms with Gasteiger partial charge in [-0.15, -0.1) is 0 Å². The van der Waals surface area contributed by atoms with E-state index in [4.69, 9.17) is 0 Å². The zero-order chi connectivity index (χ0) is 15.6. The van der Waals surface area contributed by atoms with E-state index in [1.165, 1.54) is 12.5 Å². The normalized spacial score (nSPS) is 16.2. The molecule has 1 aliphatic carbocycles. The van der Waals surface area contributed by atoms with Gasteiger partial charge in [-0.3, -0.25) is 4.79 Å². The first-order valence-electron chi connectivity index (χ1n) is 6.71. The van der Waals surface area contributed by atoms with Crippen molar-refractivity contribution in [3.8, 4) is 0 Å². The average molecular weight is 310 g/mol. The van der Waals surface area contributed by atoms with Gasteiger partial charge in [0.15, 0.2) is 5.83 Å². The van der Waals surface area contributed by atoms with Crippen LogP contribution < -0.4 is 5.32 Å². The van der Waals surface area contributed by atoms with Gasteiger partial charge in [0.2, 0.25) is 0 Å². The van der Waals surface area contributed by atoms with Crippen LogP contribution in [0.15, 0.2) is 40.0 Å². The van der Waals surface area contributed by atoms with Crippen molar-refractivity contribution in [1.29, 1.82) is 0 Å². The standard InChI is InChI=1S/C15H19FN2O2S/c1-10(11-8-9-11)14(16)15(19)17-12-6-4-5-7-13(12)18-21(2,3)20/h4-7,11H,8-9H2,1-3H3,(H,17,19)/b14-10-. The first kappa shape index (κ1) is 15.7. The van der Waals surface area contributed by atoms with Crippen LogP contribution in [0.1, 0.15) is 19.8 Å². The maximum Gasteiger partial charge on any atom is 0.284 e. The van der Waals surface area contributed by atoms with Crippen LogP contribution >= 0.6 is 0 Å². The molecule has 6 heteroatoms. The van der Waals surface area contributed by atoms with Gasteiger partial charge in [-0.25, -0.2) is 8.60 Å². The molecule has 1 fully saturated rings. The zero-order valence-electron chi connectivity index (χ0n) is 12.4. The summed E-state index contributed by atoms with van der Waals surface area (Å²) in [7, 11) is -2.36. The zero-order valence-corrected chi connectivity index (χ0v) is 13.2. The lowest BCUT2D eigenvalue weighted by molar-refractivity contribution is -0.114. The molecule has 0 saturated heterocycles. The quantitative estimate of drug-likeness (QED) is 0.863. The molecule has 1 aliphatic rings. The Morgan fingerprint density at radius 1 is 1.33 bits per heavy atom. The van der Waals surface area contributed by atoms with Crippen LogP contribution in [-0.2, 0) is 14.5 Å². The number of amides is 1. The lowest BCUT2D eigenvalue weighted by Gasteiger charge is -2.09. The van der Waals surface area contributed by atoms with Crippen molar-refractivity contribution in [2.45, 2.75) is 19.8 Å². The Kier molecular flexibility index (Phi) is 4.46. The molecule has 0 unspecified atom stereocenters. The third kappa shape index (κ3) is 4.39. The molecule has 1 saturated carbocycles. The fourth-order valence-corrected chi connectivity index (χ4v) is 2.58. The SMILES string of the molecule is C/C(=C(/F)C(=O)Nc1ccccc1N=S(C)(C)=O)C1CC1. The minimum absolute atomic E-state index is 0.195. The van der Waals surface area contributed by atoms with Gasteiger partial charge < -0.3 is 5.32 Å².